The number of aryl methyl sites for hydroxylation is 1. The maximum absolute atomic E-state index is 13.3. The number of halogens is 1. The van der Waals surface area contributed by atoms with Gasteiger partial charge in [-0.2, -0.15) is 4.31 Å². The molecule has 0 saturated carbocycles. The molecule has 0 spiro atoms. The summed E-state index contributed by atoms with van der Waals surface area (Å²) in [6.45, 7) is 2.24. The van der Waals surface area contributed by atoms with Gasteiger partial charge in [0.15, 0.2) is 0 Å². The molecule has 2 aliphatic heterocycles. The lowest BCUT2D eigenvalue weighted by Crippen LogP contribution is -2.39. The minimum Gasteiger partial charge on any atom is -0.352 e. The van der Waals surface area contributed by atoms with Crippen LogP contribution in [0.15, 0.2) is 23.1 Å². The molecule has 0 aromatic heterocycles. The minimum absolute atomic E-state index is 0.00984. The lowest BCUT2D eigenvalue weighted by atomic mass is 9.99. The normalized spacial score (nSPS) is 26.4. The van der Waals surface area contributed by atoms with Crippen molar-refractivity contribution in [3.05, 3.63) is 29.6 Å². The number of nitrogens with one attached hydrogen (secondary N) is 1. The van der Waals surface area contributed by atoms with E-state index < -0.39 is 15.8 Å². The van der Waals surface area contributed by atoms with E-state index >= 15 is 0 Å². The van der Waals surface area contributed by atoms with Crippen molar-refractivity contribution in [3.8, 4) is 0 Å². The van der Waals surface area contributed by atoms with Crippen LogP contribution in [0.3, 0.4) is 0 Å². The van der Waals surface area contributed by atoms with E-state index in [1.54, 1.807) is 6.92 Å². The summed E-state index contributed by atoms with van der Waals surface area (Å²) in [5.41, 5.74) is 0.308. The molecular formula is C15H19FN2O3S. The van der Waals surface area contributed by atoms with Gasteiger partial charge in [0.1, 0.15) is 5.82 Å². The average Bonchev–Trinajstić information content (AvgIpc) is 2.77. The largest absolute Gasteiger partial charge is 0.352 e. The number of nitrogens with zero attached hydrogens (tertiary/aromatic N) is 1. The van der Waals surface area contributed by atoms with E-state index in [4.69, 9.17) is 0 Å². The van der Waals surface area contributed by atoms with Crippen molar-refractivity contribution >= 4 is 15.9 Å². The van der Waals surface area contributed by atoms with Crippen LogP contribution in [-0.2, 0) is 14.8 Å². The van der Waals surface area contributed by atoms with Gasteiger partial charge in [-0.3, -0.25) is 4.79 Å². The third-order valence-electron chi connectivity index (χ3n) is 4.50. The molecule has 2 atom stereocenters. The summed E-state index contributed by atoms with van der Waals surface area (Å²) in [6.07, 6.45) is 2.14. The van der Waals surface area contributed by atoms with Crippen LogP contribution in [0.1, 0.15) is 24.8 Å². The fourth-order valence-corrected chi connectivity index (χ4v) is 4.82. The van der Waals surface area contributed by atoms with E-state index in [0.717, 1.165) is 12.8 Å². The zero-order valence-electron chi connectivity index (χ0n) is 12.4. The first-order chi connectivity index (χ1) is 10.4. The summed E-state index contributed by atoms with van der Waals surface area (Å²) in [4.78, 5) is 11.7. The van der Waals surface area contributed by atoms with Gasteiger partial charge in [0, 0.05) is 25.6 Å². The summed E-state index contributed by atoms with van der Waals surface area (Å²) in [7, 11) is -3.65. The predicted molar refractivity (Wildman–Crippen MR) is 79.2 cm³/mol. The first-order valence-corrected chi connectivity index (χ1v) is 8.87. The van der Waals surface area contributed by atoms with Gasteiger partial charge in [0.25, 0.3) is 0 Å². The molecule has 2 aliphatic rings. The maximum Gasteiger partial charge on any atom is 0.243 e. The fourth-order valence-electron chi connectivity index (χ4n) is 3.21. The fraction of sp³-hybridized carbons (Fsp3) is 0.533. The summed E-state index contributed by atoms with van der Waals surface area (Å²) in [6, 6.07) is 3.71. The highest BCUT2D eigenvalue weighted by atomic mass is 32.2. The zero-order valence-corrected chi connectivity index (χ0v) is 13.2. The highest BCUT2D eigenvalue weighted by Gasteiger charge is 2.40. The second kappa shape index (κ2) is 5.62. The molecule has 1 N–H and O–H groups in total. The predicted octanol–water partition coefficient (Wildman–Crippen LogP) is 1.42. The minimum atomic E-state index is -3.65. The SMILES string of the molecule is Cc1cc(S(=O)(=O)N2C[C@H]3CCCC(=O)N[C@H]3C2)ccc1F. The third kappa shape index (κ3) is 2.75. The molecule has 0 bridgehead atoms. The second-order valence-corrected chi connectivity index (χ2v) is 8.00. The molecular weight excluding hydrogens is 307 g/mol. The second-order valence-electron chi connectivity index (χ2n) is 6.06. The highest BCUT2D eigenvalue weighted by molar-refractivity contribution is 7.89. The third-order valence-corrected chi connectivity index (χ3v) is 6.33. The van der Waals surface area contributed by atoms with E-state index in [1.807, 2.05) is 0 Å². The van der Waals surface area contributed by atoms with Gasteiger partial charge in [-0.25, -0.2) is 12.8 Å². The summed E-state index contributed by atoms with van der Waals surface area (Å²) in [5.74, 6) is -0.273. The Morgan fingerprint density at radius 1 is 1.32 bits per heavy atom. The van der Waals surface area contributed by atoms with Crippen LogP contribution in [0, 0.1) is 18.7 Å². The standard InChI is InChI=1S/C15H19FN2O3S/c1-10-7-12(5-6-13(10)16)22(20,21)18-8-11-3-2-4-15(19)17-14(11)9-18/h5-7,11,14H,2-4,8-9H2,1H3,(H,17,19)/t11-,14+/m1/s1. The number of carbonyl (C=O) groups excluding carboxylic acids is 1. The molecule has 5 nitrogen and oxygen atoms in total. The molecule has 0 radical (unpaired) electrons. The van der Waals surface area contributed by atoms with Crippen LogP contribution < -0.4 is 5.32 Å². The molecule has 7 heteroatoms. The number of fused-ring (bicyclic) bond motifs is 1. The quantitative estimate of drug-likeness (QED) is 0.894. The van der Waals surface area contributed by atoms with Crippen LogP contribution >= 0.6 is 0 Å². The van der Waals surface area contributed by atoms with Gasteiger partial charge in [-0.05, 0) is 49.4 Å². The smallest absolute Gasteiger partial charge is 0.243 e. The van der Waals surface area contributed by atoms with Crippen molar-refractivity contribution in [1.29, 1.82) is 0 Å². The highest BCUT2D eigenvalue weighted by Crippen LogP contribution is 2.30. The van der Waals surface area contributed by atoms with E-state index in [9.17, 15) is 17.6 Å². The zero-order chi connectivity index (χ0) is 15.9. The van der Waals surface area contributed by atoms with E-state index in [-0.39, 0.29) is 29.3 Å². The Balaban J connectivity index is 1.84. The molecule has 22 heavy (non-hydrogen) atoms. The number of rotatable bonds is 2. The number of carbonyl (C=O) groups is 1. The van der Waals surface area contributed by atoms with Crippen LogP contribution in [0.25, 0.3) is 0 Å². The molecule has 1 aromatic carbocycles. The van der Waals surface area contributed by atoms with Crippen LogP contribution in [-0.4, -0.2) is 37.8 Å². The van der Waals surface area contributed by atoms with Crippen molar-refractivity contribution in [3.63, 3.8) is 0 Å². The average molecular weight is 326 g/mol. The number of amides is 1. The van der Waals surface area contributed by atoms with Gasteiger partial charge in [0.2, 0.25) is 15.9 Å². The Labute approximate surface area is 129 Å². The van der Waals surface area contributed by atoms with Crippen molar-refractivity contribution < 1.29 is 17.6 Å². The van der Waals surface area contributed by atoms with Crippen LogP contribution in [0.2, 0.25) is 0 Å². The van der Waals surface area contributed by atoms with Gasteiger partial charge >= 0.3 is 0 Å². The summed E-state index contributed by atoms with van der Waals surface area (Å²) >= 11 is 0. The molecule has 1 aromatic rings. The lowest BCUT2D eigenvalue weighted by Gasteiger charge is -2.17. The van der Waals surface area contributed by atoms with Gasteiger partial charge in [-0.15, -0.1) is 0 Å². The number of benzene rings is 1. The molecule has 2 heterocycles. The summed E-state index contributed by atoms with van der Waals surface area (Å²) < 4.78 is 40.1. The van der Waals surface area contributed by atoms with E-state index in [2.05, 4.69) is 5.32 Å². The molecule has 2 saturated heterocycles. The monoisotopic (exact) mass is 326 g/mol. The van der Waals surface area contributed by atoms with Crippen molar-refractivity contribution in [1.82, 2.24) is 9.62 Å². The first kappa shape index (κ1) is 15.4. The van der Waals surface area contributed by atoms with Crippen molar-refractivity contribution in [2.24, 2.45) is 5.92 Å². The van der Waals surface area contributed by atoms with Gasteiger partial charge in [0.05, 0.1) is 4.90 Å². The molecule has 3 rings (SSSR count). The molecule has 0 aliphatic carbocycles. The molecule has 0 unspecified atom stereocenters. The van der Waals surface area contributed by atoms with E-state index in [1.165, 1.54) is 22.5 Å². The van der Waals surface area contributed by atoms with E-state index in [0.29, 0.717) is 18.5 Å². The Morgan fingerprint density at radius 3 is 2.82 bits per heavy atom. The topological polar surface area (TPSA) is 66.5 Å². The van der Waals surface area contributed by atoms with Crippen molar-refractivity contribution in [2.45, 2.75) is 37.1 Å². The lowest BCUT2D eigenvalue weighted by molar-refractivity contribution is -0.121. The Morgan fingerprint density at radius 2 is 2.09 bits per heavy atom. The first-order valence-electron chi connectivity index (χ1n) is 7.43. The summed E-state index contributed by atoms with van der Waals surface area (Å²) in [5, 5.41) is 2.91. The number of hydrogen-bond donors (Lipinski definition) is 1. The van der Waals surface area contributed by atoms with Gasteiger partial charge < -0.3 is 5.32 Å². The van der Waals surface area contributed by atoms with Crippen LogP contribution in [0.5, 0.6) is 0 Å². The molecule has 120 valence electrons. The number of hydrogen-bond acceptors (Lipinski definition) is 3. The Hall–Kier alpha value is -1.47. The number of sulfonamides is 1. The molecule has 2 fully saturated rings. The Kier molecular flexibility index (Phi) is 3.94. The van der Waals surface area contributed by atoms with Crippen LogP contribution in [0.4, 0.5) is 4.39 Å². The van der Waals surface area contributed by atoms with Crippen molar-refractivity contribution in [2.75, 3.05) is 13.1 Å². The molecule has 1 amide bonds. The Bertz CT molecular complexity index is 705. The van der Waals surface area contributed by atoms with Gasteiger partial charge in [-0.1, -0.05) is 0 Å². The maximum atomic E-state index is 13.3.